The van der Waals surface area contributed by atoms with E-state index in [9.17, 15) is 9.59 Å². The van der Waals surface area contributed by atoms with E-state index in [1.165, 1.54) is 25.7 Å². The molecule has 0 spiro atoms. The van der Waals surface area contributed by atoms with Gasteiger partial charge in [0, 0.05) is 20.9 Å². The van der Waals surface area contributed by atoms with Crippen molar-refractivity contribution in [3.63, 3.8) is 0 Å². The molecule has 0 aromatic heterocycles. The van der Waals surface area contributed by atoms with Gasteiger partial charge in [0.05, 0.1) is 0 Å². The molecule has 0 unspecified atom stereocenters. The number of nitrogens with one attached hydrogen (secondary N) is 2. The molecule has 2 amide bonds. The number of rotatable bonds is 12. The summed E-state index contributed by atoms with van der Waals surface area (Å²) in [5.74, 6) is 1.03. The van der Waals surface area contributed by atoms with E-state index in [1.807, 2.05) is 48.1 Å². The fourth-order valence-electron chi connectivity index (χ4n) is 3.52. The molecular weight excluding hydrogens is 402 g/mol. The smallest absolute Gasteiger partial charge is 0.314 e. The predicted octanol–water partition coefficient (Wildman–Crippen LogP) is 3.89. The van der Waals surface area contributed by atoms with Crippen LogP contribution in [0.15, 0.2) is 11.6 Å². The molecule has 1 rings (SSSR count). The van der Waals surface area contributed by atoms with E-state index in [1.54, 1.807) is 4.90 Å². The minimum Gasteiger partial charge on any atom is -0.351 e. The summed E-state index contributed by atoms with van der Waals surface area (Å²) in [5, 5.41) is 6.16. The summed E-state index contributed by atoms with van der Waals surface area (Å²) in [6, 6.07) is -0.313. The lowest BCUT2D eigenvalue weighted by Crippen LogP contribution is -2.36. The maximum Gasteiger partial charge on any atom is 0.314 e. The molecule has 0 aromatic carbocycles. The van der Waals surface area contributed by atoms with Crippen molar-refractivity contribution >= 4 is 11.8 Å². The van der Waals surface area contributed by atoms with E-state index in [0.717, 1.165) is 57.4 Å². The van der Waals surface area contributed by atoms with Crippen molar-refractivity contribution in [2.24, 2.45) is 11.7 Å². The van der Waals surface area contributed by atoms with Crippen LogP contribution >= 0.6 is 0 Å². The van der Waals surface area contributed by atoms with Crippen molar-refractivity contribution in [2.75, 3.05) is 60.9 Å². The first-order valence-corrected chi connectivity index (χ1v) is 12.4. The summed E-state index contributed by atoms with van der Waals surface area (Å²) in [6.45, 7) is 10.9. The van der Waals surface area contributed by atoms with E-state index < -0.39 is 0 Å². The number of Topliss-reactive ketones (excluding diaryl/α,β-unsaturated/α-hetero) is 1. The molecule has 7 heteroatoms. The van der Waals surface area contributed by atoms with Gasteiger partial charge in [0.2, 0.25) is 0 Å². The zero-order valence-electron chi connectivity index (χ0n) is 22.1. The lowest BCUT2D eigenvalue weighted by atomic mass is 9.82. The molecule has 1 saturated carbocycles. The Hall–Kier alpha value is -1.44. The molecular formula is C25H55N5O2. The van der Waals surface area contributed by atoms with Crippen LogP contribution in [0, 0.1) is 5.92 Å². The van der Waals surface area contributed by atoms with Gasteiger partial charge in [-0.3, -0.25) is 4.79 Å². The quantitative estimate of drug-likeness (QED) is 0.305. The van der Waals surface area contributed by atoms with Crippen LogP contribution in [0.2, 0.25) is 0 Å². The van der Waals surface area contributed by atoms with Crippen LogP contribution in [0.4, 0.5) is 4.79 Å². The molecule has 1 atom stereocenters. The first kappa shape index (κ1) is 32.7. The molecule has 32 heavy (non-hydrogen) atoms. The van der Waals surface area contributed by atoms with Gasteiger partial charge >= 0.3 is 6.03 Å². The van der Waals surface area contributed by atoms with Gasteiger partial charge in [0.25, 0.3) is 0 Å². The number of nitrogens with zero attached hydrogens (tertiary/aromatic N) is 2. The summed E-state index contributed by atoms with van der Waals surface area (Å²) in [5.41, 5.74) is 6.22. The molecule has 0 heterocycles. The highest BCUT2D eigenvalue weighted by molar-refractivity contribution is 5.96. The molecule has 1 fully saturated rings. The molecule has 4 N–H and O–H groups in total. The third kappa shape index (κ3) is 19.3. The number of amides is 2. The average Bonchev–Trinajstić information content (AvgIpc) is 2.74. The van der Waals surface area contributed by atoms with Crippen molar-refractivity contribution in [3.05, 3.63) is 11.6 Å². The van der Waals surface area contributed by atoms with Crippen LogP contribution in [0.3, 0.4) is 0 Å². The summed E-state index contributed by atoms with van der Waals surface area (Å²) >= 11 is 0. The number of urea groups is 1. The zero-order chi connectivity index (χ0) is 24.8. The Kier molecular flexibility index (Phi) is 23.3. The monoisotopic (exact) mass is 457 g/mol. The Bertz CT molecular complexity index is 501. The fourth-order valence-corrected chi connectivity index (χ4v) is 3.52. The Morgan fingerprint density at radius 1 is 1.16 bits per heavy atom. The molecule has 192 valence electrons. The Morgan fingerprint density at radius 3 is 2.25 bits per heavy atom. The highest BCUT2D eigenvalue weighted by Gasteiger charge is 2.22. The number of primary amides is 1. The van der Waals surface area contributed by atoms with Crippen LogP contribution in [0.1, 0.15) is 73.6 Å². The van der Waals surface area contributed by atoms with Gasteiger partial charge in [0.1, 0.15) is 0 Å². The van der Waals surface area contributed by atoms with Crippen LogP contribution in [-0.2, 0) is 4.79 Å². The van der Waals surface area contributed by atoms with E-state index >= 15 is 0 Å². The summed E-state index contributed by atoms with van der Waals surface area (Å²) in [4.78, 5) is 26.3. The van der Waals surface area contributed by atoms with Crippen LogP contribution in [0.25, 0.3) is 0 Å². The first-order chi connectivity index (χ1) is 15.3. The number of unbranched alkanes of at least 4 members (excludes halogenated alkanes) is 1. The number of carbonyl (C=O) groups is 2. The molecule has 0 bridgehead atoms. The summed E-state index contributed by atoms with van der Waals surface area (Å²) in [7, 11) is 7.84. The molecule has 0 saturated heterocycles. The van der Waals surface area contributed by atoms with Crippen LogP contribution in [-0.4, -0.2) is 82.5 Å². The standard InChI is InChI=1S/C14H25NO.C9H21N3O.C2H7N.H2/c1-3-9-15-10-5-6-12-7-8-13(4-2)14(16)11-12;1-4-12(9(10)13)8-6-5-7-11(2)3;1-3-2;/h4,12,15H,3,5-11H2,1-2H3;4-8H2,1-3H3,(H2,10,13);3H,1-2H3;1H/b13-4+;;;/t12-;;;/m0.../s1. The number of hydrogen-bond acceptors (Lipinski definition) is 5. The largest absolute Gasteiger partial charge is 0.351 e. The minimum absolute atomic E-state index is 0. The van der Waals surface area contributed by atoms with Gasteiger partial charge in [-0.15, -0.1) is 0 Å². The van der Waals surface area contributed by atoms with Crippen molar-refractivity contribution in [2.45, 2.75) is 72.1 Å². The van der Waals surface area contributed by atoms with E-state index in [2.05, 4.69) is 22.5 Å². The molecule has 0 aliphatic heterocycles. The maximum atomic E-state index is 11.7. The fraction of sp³-hybridized carbons (Fsp3) is 0.840. The third-order valence-electron chi connectivity index (χ3n) is 5.37. The number of nitrogens with two attached hydrogens (primary N) is 1. The van der Waals surface area contributed by atoms with Gasteiger partial charge in [-0.1, -0.05) is 13.0 Å². The van der Waals surface area contributed by atoms with E-state index in [-0.39, 0.29) is 7.46 Å². The molecule has 7 nitrogen and oxygen atoms in total. The lowest BCUT2D eigenvalue weighted by molar-refractivity contribution is -0.117. The Morgan fingerprint density at radius 2 is 1.78 bits per heavy atom. The zero-order valence-corrected chi connectivity index (χ0v) is 22.1. The average molecular weight is 458 g/mol. The number of ketones is 1. The molecule has 1 aliphatic carbocycles. The minimum atomic E-state index is -0.313. The summed E-state index contributed by atoms with van der Waals surface area (Å²) < 4.78 is 0. The Balaban J connectivity index is -0.000000482. The molecule has 1 aliphatic rings. The SMILES string of the molecule is C/C=C1\CC[C@H](CCCNCCC)CC1=O.CCN(CCCCN(C)C)C(N)=O.CNC.[HH]. The van der Waals surface area contributed by atoms with Gasteiger partial charge < -0.3 is 26.2 Å². The van der Waals surface area contributed by atoms with E-state index in [0.29, 0.717) is 18.2 Å². The molecule has 0 radical (unpaired) electrons. The first-order valence-electron chi connectivity index (χ1n) is 12.4. The normalized spacial score (nSPS) is 16.8. The highest BCUT2D eigenvalue weighted by Crippen LogP contribution is 2.28. The van der Waals surface area contributed by atoms with Crippen LogP contribution < -0.4 is 16.4 Å². The maximum absolute atomic E-state index is 11.7. The topological polar surface area (TPSA) is 90.7 Å². The number of hydrogen-bond donors (Lipinski definition) is 3. The predicted molar refractivity (Wildman–Crippen MR) is 140 cm³/mol. The van der Waals surface area contributed by atoms with Crippen LogP contribution in [0.5, 0.6) is 0 Å². The second-order valence-corrected chi connectivity index (χ2v) is 8.67. The van der Waals surface area contributed by atoms with Crippen molar-refractivity contribution in [1.29, 1.82) is 0 Å². The van der Waals surface area contributed by atoms with Crippen molar-refractivity contribution < 1.29 is 11.0 Å². The van der Waals surface area contributed by atoms with Gasteiger partial charge in [0.15, 0.2) is 5.78 Å². The Labute approximate surface area is 200 Å². The lowest BCUT2D eigenvalue weighted by Gasteiger charge is -2.22. The van der Waals surface area contributed by atoms with E-state index in [4.69, 9.17) is 5.73 Å². The third-order valence-corrected chi connectivity index (χ3v) is 5.37. The van der Waals surface area contributed by atoms with Gasteiger partial charge in [-0.05, 0) is 118 Å². The van der Waals surface area contributed by atoms with Crippen molar-refractivity contribution in [1.82, 2.24) is 20.4 Å². The number of allylic oxidation sites excluding steroid dienone is 2. The highest BCUT2D eigenvalue weighted by atomic mass is 16.2. The van der Waals surface area contributed by atoms with Crippen molar-refractivity contribution in [3.8, 4) is 0 Å². The summed E-state index contributed by atoms with van der Waals surface area (Å²) in [6.07, 6.45) is 10.7. The second kappa shape index (κ2) is 22.7. The number of carbonyl (C=O) groups excluding carboxylic acids is 2. The van der Waals surface area contributed by atoms with Gasteiger partial charge in [-0.2, -0.15) is 0 Å². The second-order valence-electron chi connectivity index (χ2n) is 8.67. The van der Waals surface area contributed by atoms with Gasteiger partial charge in [-0.25, -0.2) is 4.79 Å². The molecule has 0 aromatic rings.